The van der Waals surface area contributed by atoms with Gasteiger partial charge >= 0.3 is 30.1 Å². The summed E-state index contributed by atoms with van der Waals surface area (Å²) in [5.74, 6) is -4.52. The number of ether oxygens (including phenoxy) is 7. The highest BCUT2D eigenvalue weighted by atomic mass is 16.6. The third kappa shape index (κ3) is 20.7. The zero-order valence-corrected chi connectivity index (χ0v) is 43.3. The van der Waals surface area contributed by atoms with E-state index in [1.807, 2.05) is 60.7 Å². The van der Waals surface area contributed by atoms with Gasteiger partial charge in [0.15, 0.2) is 0 Å². The van der Waals surface area contributed by atoms with Gasteiger partial charge in [-0.2, -0.15) is 0 Å². The minimum absolute atomic E-state index is 0.0318. The summed E-state index contributed by atoms with van der Waals surface area (Å²) in [4.78, 5) is 84.0. The summed E-state index contributed by atoms with van der Waals surface area (Å²) in [5, 5.41) is 4.89. The second-order valence-corrected chi connectivity index (χ2v) is 20.5. The van der Waals surface area contributed by atoms with E-state index >= 15 is 0 Å². The number of guanidine groups is 1. The molecule has 1 atom stereocenters. The van der Waals surface area contributed by atoms with Gasteiger partial charge in [0.05, 0.1) is 24.6 Å². The molecule has 0 aliphatic heterocycles. The molecule has 0 saturated carbocycles. The van der Waals surface area contributed by atoms with Crippen molar-refractivity contribution in [3.05, 3.63) is 130 Å². The lowest BCUT2D eigenvalue weighted by Gasteiger charge is -2.26. The number of nitrogens with one attached hydrogen (secondary N) is 2. The van der Waals surface area contributed by atoms with E-state index < -0.39 is 70.7 Å². The number of rotatable bonds is 17. The van der Waals surface area contributed by atoms with Gasteiger partial charge in [0.2, 0.25) is 11.9 Å². The third-order valence-corrected chi connectivity index (χ3v) is 9.29. The van der Waals surface area contributed by atoms with Crippen LogP contribution < -0.4 is 25.8 Å². The van der Waals surface area contributed by atoms with Gasteiger partial charge < -0.3 is 38.9 Å². The minimum Gasteiger partial charge on any atom is -0.492 e. The summed E-state index contributed by atoms with van der Waals surface area (Å²) < 4.78 is 40.3. The SMILES string of the molecule is CC(C)(C)OC(=O)C[C@H](C(=O)OC(C)(C)C)/C(=C\c1ccc(OCc2ccccc2)c(CCOc2cc(N=C(NC(=O)OC(C)(C)C)NC(=O)OC(C)(C)C)ccc2C(=O)OCc2ccccc2)c1)C(N)=O. The normalized spacial score (nSPS) is 12.3. The number of aliphatic imine (C=N–C) groups is 1. The molecule has 4 N–H and O–H groups in total. The number of hydrogen-bond acceptors (Lipinski definition) is 14. The molecule has 4 aromatic carbocycles. The van der Waals surface area contributed by atoms with Gasteiger partial charge in [0, 0.05) is 18.1 Å². The topological polar surface area (TPSA) is 229 Å². The summed E-state index contributed by atoms with van der Waals surface area (Å²) in [7, 11) is 0. The van der Waals surface area contributed by atoms with E-state index in [1.165, 1.54) is 24.3 Å². The Labute approximate surface area is 421 Å². The summed E-state index contributed by atoms with van der Waals surface area (Å²) in [6.07, 6.45) is -0.784. The van der Waals surface area contributed by atoms with Crippen molar-refractivity contribution < 1.29 is 61.9 Å². The first-order chi connectivity index (χ1) is 33.5. The van der Waals surface area contributed by atoms with Gasteiger partial charge in [0.25, 0.3) is 0 Å². The Morgan fingerprint density at radius 1 is 0.611 bits per heavy atom. The van der Waals surface area contributed by atoms with Crippen LogP contribution in [0.1, 0.15) is 122 Å². The number of primary amides is 1. The molecule has 0 aliphatic rings. The minimum atomic E-state index is -1.41. The fraction of sp³-hybridized carbons (Fsp3) is 0.400. The van der Waals surface area contributed by atoms with Crippen molar-refractivity contribution in [2.75, 3.05) is 6.61 Å². The number of alkyl carbamates (subject to hydrolysis) is 2. The molecule has 0 radical (unpaired) electrons. The zero-order chi connectivity index (χ0) is 53.4. The van der Waals surface area contributed by atoms with Gasteiger partial charge in [-0.3, -0.25) is 25.0 Å². The van der Waals surface area contributed by atoms with Crippen LogP contribution in [-0.2, 0) is 57.7 Å². The largest absolute Gasteiger partial charge is 0.492 e. The van der Waals surface area contributed by atoms with Crippen molar-refractivity contribution in [1.29, 1.82) is 0 Å². The molecule has 386 valence electrons. The summed E-state index contributed by atoms with van der Waals surface area (Å²) in [6, 6.07) is 28.0. The number of nitrogens with two attached hydrogens (primary N) is 1. The molecule has 3 amide bonds. The Hall–Kier alpha value is -7.69. The molecule has 4 rings (SSSR count). The molecular weight excluding hydrogens is 925 g/mol. The summed E-state index contributed by atoms with van der Waals surface area (Å²) in [6.45, 7) is 20.1. The van der Waals surface area contributed by atoms with Crippen molar-refractivity contribution in [1.82, 2.24) is 10.6 Å². The number of amides is 3. The predicted octanol–water partition coefficient (Wildman–Crippen LogP) is 9.84. The van der Waals surface area contributed by atoms with Crippen LogP contribution in [0.25, 0.3) is 6.08 Å². The molecule has 0 heterocycles. The van der Waals surface area contributed by atoms with E-state index in [9.17, 15) is 28.8 Å². The first-order valence-corrected chi connectivity index (χ1v) is 23.3. The number of nitrogens with zero attached hydrogens (tertiary/aromatic N) is 1. The average molecular weight is 993 g/mol. The molecule has 0 aliphatic carbocycles. The van der Waals surface area contributed by atoms with Crippen LogP contribution in [0.5, 0.6) is 11.5 Å². The highest BCUT2D eigenvalue weighted by Crippen LogP contribution is 2.30. The maximum atomic E-state index is 13.7. The lowest BCUT2D eigenvalue weighted by atomic mass is 9.92. The van der Waals surface area contributed by atoms with Crippen LogP contribution >= 0.6 is 0 Å². The smallest absolute Gasteiger partial charge is 0.414 e. The second kappa shape index (κ2) is 24.9. The van der Waals surface area contributed by atoms with Crippen molar-refractivity contribution >= 4 is 53.7 Å². The van der Waals surface area contributed by atoms with E-state index in [4.69, 9.17) is 38.9 Å². The Balaban J connectivity index is 1.78. The molecule has 4 aromatic rings. The van der Waals surface area contributed by atoms with Crippen molar-refractivity contribution in [2.24, 2.45) is 16.6 Å². The molecule has 72 heavy (non-hydrogen) atoms. The van der Waals surface area contributed by atoms with E-state index in [0.29, 0.717) is 16.9 Å². The quantitative estimate of drug-likeness (QED) is 0.0294. The molecule has 0 spiro atoms. The average Bonchev–Trinajstić information content (AvgIpc) is 3.24. The summed E-state index contributed by atoms with van der Waals surface area (Å²) in [5.41, 5.74) is 4.94. The molecule has 0 unspecified atom stereocenters. The standard InChI is InChI=1S/C55H68N4O13/c1-52(2,3)69-45(60)32-42(48(63)70-53(4,5)6)41(46(56)61)30-37-23-26-43(67-33-35-19-15-13-16-20-35)38(29-37)27-28-66-44-31-39(24-25-40(44)47(62)68-34-36-21-17-14-18-22-36)57-49(58-50(64)71-54(7,8)9)59-51(65)72-55(10,11)12/h13-26,29-31,42H,27-28,32-34H2,1-12H3,(H2,56,61)(H2,57,58,59,64,65)/b41-30+/t42-/m0/s1. The van der Waals surface area contributed by atoms with Crippen LogP contribution in [0.3, 0.4) is 0 Å². The van der Waals surface area contributed by atoms with E-state index in [2.05, 4.69) is 15.6 Å². The highest BCUT2D eigenvalue weighted by Gasteiger charge is 2.35. The highest BCUT2D eigenvalue weighted by molar-refractivity contribution is 6.04. The van der Waals surface area contributed by atoms with Gasteiger partial charge in [0.1, 0.15) is 52.7 Å². The Morgan fingerprint density at radius 2 is 1.15 bits per heavy atom. The number of hydrogen-bond donors (Lipinski definition) is 3. The molecule has 0 aromatic heterocycles. The second-order valence-electron chi connectivity index (χ2n) is 20.5. The lowest BCUT2D eigenvalue weighted by Crippen LogP contribution is -2.47. The van der Waals surface area contributed by atoms with Crippen LogP contribution in [0.15, 0.2) is 108 Å². The van der Waals surface area contributed by atoms with Gasteiger partial charge in [-0.1, -0.05) is 66.7 Å². The Morgan fingerprint density at radius 3 is 1.68 bits per heavy atom. The van der Waals surface area contributed by atoms with Crippen LogP contribution in [0, 0.1) is 5.92 Å². The maximum absolute atomic E-state index is 13.7. The number of carbonyl (C=O) groups is 6. The number of carbonyl (C=O) groups excluding carboxylic acids is 6. The van der Waals surface area contributed by atoms with Crippen LogP contribution in [0.2, 0.25) is 0 Å². The lowest BCUT2D eigenvalue weighted by molar-refractivity contribution is -0.166. The van der Waals surface area contributed by atoms with Gasteiger partial charge in [-0.15, -0.1) is 0 Å². The number of benzene rings is 4. The third-order valence-electron chi connectivity index (χ3n) is 9.29. The van der Waals surface area contributed by atoms with Crippen LogP contribution in [0.4, 0.5) is 15.3 Å². The van der Waals surface area contributed by atoms with Gasteiger partial charge in [-0.25, -0.2) is 19.4 Å². The van der Waals surface area contributed by atoms with Crippen molar-refractivity contribution in [2.45, 2.75) is 132 Å². The Bertz CT molecular complexity index is 2570. The van der Waals surface area contributed by atoms with Gasteiger partial charge in [-0.05, 0) is 136 Å². The molecule has 0 bridgehead atoms. The predicted molar refractivity (Wildman–Crippen MR) is 271 cm³/mol. The van der Waals surface area contributed by atoms with E-state index in [1.54, 1.807) is 101 Å². The molecule has 17 heteroatoms. The first kappa shape index (κ1) is 56.9. The zero-order valence-electron chi connectivity index (χ0n) is 43.3. The molecular formula is C55H68N4O13. The van der Waals surface area contributed by atoms with Crippen LogP contribution in [-0.4, -0.2) is 71.0 Å². The van der Waals surface area contributed by atoms with Crippen molar-refractivity contribution in [3.8, 4) is 11.5 Å². The van der Waals surface area contributed by atoms with E-state index in [-0.39, 0.29) is 54.8 Å². The fourth-order valence-electron chi connectivity index (χ4n) is 6.48. The Kier molecular flexibility index (Phi) is 19.7. The number of esters is 3. The monoisotopic (exact) mass is 992 g/mol. The van der Waals surface area contributed by atoms with E-state index in [0.717, 1.165) is 11.1 Å². The molecule has 0 fully saturated rings. The molecule has 0 saturated heterocycles. The fourth-order valence-corrected chi connectivity index (χ4v) is 6.48. The molecule has 17 nitrogen and oxygen atoms in total. The summed E-state index contributed by atoms with van der Waals surface area (Å²) >= 11 is 0. The first-order valence-electron chi connectivity index (χ1n) is 23.3. The maximum Gasteiger partial charge on any atom is 0.414 e. The van der Waals surface area contributed by atoms with Crippen molar-refractivity contribution in [3.63, 3.8) is 0 Å².